The summed E-state index contributed by atoms with van der Waals surface area (Å²) in [5.74, 6) is 0.970. The Morgan fingerprint density at radius 2 is 2.18 bits per heavy atom. The lowest BCUT2D eigenvalue weighted by Crippen LogP contribution is -1.99. The zero-order valence-corrected chi connectivity index (χ0v) is 12.3. The molecule has 1 heterocycles. The first kappa shape index (κ1) is 12.6. The third-order valence-corrected chi connectivity index (χ3v) is 3.99. The lowest BCUT2D eigenvalue weighted by atomic mass is 10.1. The van der Waals surface area contributed by atoms with E-state index in [2.05, 4.69) is 40.0 Å². The lowest BCUT2D eigenvalue weighted by Gasteiger charge is -2.11. The fraction of sp³-hybridized carbons (Fsp3) is 0.308. The fourth-order valence-corrected chi connectivity index (χ4v) is 2.75. The van der Waals surface area contributed by atoms with Gasteiger partial charge in [0.2, 0.25) is 0 Å². The molecule has 0 amide bonds. The molecule has 0 unspecified atom stereocenters. The number of benzene rings is 1. The van der Waals surface area contributed by atoms with E-state index in [0.29, 0.717) is 6.61 Å². The number of rotatable bonds is 4. The van der Waals surface area contributed by atoms with Crippen molar-refractivity contribution in [2.24, 2.45) is 0 Å². The molecule has 0 aliphatic carbocycles. The summed E-state index contributed by atoms with van der Waals surface area (Å²) in [6.45, 7) is 4.61. The van der Waals surface area contributed by atoms with Crippen LogP contribution in [0, 0.1) is 13.8 Å². The van der Waals surface area contributed by atoms with E-state index in [0.717, 1.165) is 27.3 Å². The smallest absolute Gasteiger partial charge is 0.140 e. The minimum Gasteiger partial charge on any atom is -0.486 e. The Hall–Kier alpha value is -0.870. The van der Waals surface area contributed by atoms with Crippen molar-refractivity contribution in [2.45, 2.75) is 25.8 Å². The maximum Gasteiger partial charge on any atom is 0.140 e. The van der Waals surface area contributed by atoms with Crippen LogP contribution in [0.3, 0.4) is 0 Å². The summed E-state index contributed by atoms with van der Waals surface area (Å²) in [5.41, 5.74) is 3.40. The number of para-hydroxylation sites is 1. The fourth-order valence-electron chi connectivity index (χ4n) is 1.63. The molecule has 0 aliphatic rings. The zero-order valence-electron chi connectivity index (χ0n) is 9.87. The molecule has 1 aromatic carbocycles. The van der Waals surface area contributed by atoms with E-state index >= 15 is 0 Å². The molecule has 17 heavy (non-hydrogen) atoms. The number of alkyl halides is 1. The second-order valence-electron chi connectivity index (χ2n) is 3.87. The Morgan fingerprint density at radius 1 is 1.35 bits per heavy atom. The Balaban J connectivity index is 2.13. The summed E-state index contributed by atoms with van der Waals surface area (Å²) in [4.78, 5) is 4.39. The van der Waals surface area contributed by atoms with Gasteiger partial charge in [-0.05, 0) is 19.4 Å². The van der Waals surface area contributed by atoms with Crippen LogP contribution >= 0.6 is 27.3 Å². The number of aryl methyl sites for hydroxylation is 2. The molecule has 0 saturated carbocycles. The normalized spacial score (nSPS) is 10.5. The van der Waals surface area contributed by atoms with Crippen LogP contribution in [0.2, 0.25) is 0 Å². The van der Waals surface area contributed by atoms with E-state index < -0.39 is 0 Å². The van der Waals surface area contributed by atoms with Gasteiger partial charge in [-0.1, -0.05) is 34.1 Å². The summed E-state index contributed by atoms with van der Waals surface area (Å²) < 4.78 is 5.88. The largest absolute Gasteiger partial charge is 0.486 e. The number of aromatic nitrogens is 1. The number of thiazole rings is 1. The number of hydrogen-bond donors (Lipinski definition) is 0. The van der Waals surface area contributed by atoms with Crippen molar-refractivity contribution in [3.63, 3.8) is 0 Å². The first-order valence-corrected chi connectivity index (χ1v) is 7.39. The second kappa shape index (κ2) is 5.65. The van der Waals surface area contributed by atoms with Gasteiger partial charge in [-0.3, -0.25) is 0 Å². The van der Waals surface area contributed by atoms with Crippen molar-refractivity contribution in [1.29, 1.82) is 0 Å². The highest BCUT2D eigenvalue weighted by atomic mass is 79.9. The van der Waals surface area contributed by atoms with E-state index in [9.17, 15) is 0 Å². The maximum absolute atomic E-state index is 5.88. The quantitative estimate of drug-likeness (QED) is 0.788. The Morgan fingerprint density at radius 3 is 2.82 bits per heavy atom. The molecule has 0 aliphatic heterocycles. The first-order chi connectivity index (χ1) is 8.20. The Kier molecular flexibility index (Phi) is 4.18. The molecule has 2 aromatic rings. The molecule has 0 N–H and O–H groups in total. The van der Waals surface area contributed by atoms with Gasteiger partial charge in [-0.25, -0.2) is 4.98 Å². The van der Waals surface area contributed by atoms with Crippen LogP contribution in [0.15, 0.2) is 23.6 Å². The highest BCUT2D eigenvalue weighted by Crippen LogP contribution is 2.26. The molecule has 0 saturated heterocycles. The van der Waals surface area contributed by atoms with Crippen LogP contribution in [0.1, 0.15) is 21.8 Å². The van der Waals surface area contributed by atoms with Crippen molar-refractivity contribution in [2.75, 3.05) is 0 Å². The number of halogens is 1. The van der Waals surface area contributed by atoms with Gasteiger partial charge in [0.15, 0.2) is 0 Å². The minimum absolute atomic E-state index is 0.545. The molecule has 4 heteroatoms. The molecule has 0 atom stereocenters. The van der Waals surface area contributed by atoms with Crippen molar-refractivity contribution in [3.05, 3.63) is 45.4 Å². The Bertz CT molecular complexity index is 510. The van der Waals surface area contributed by atoms with Crippen molar-refractivity contribution < 1.29 is 4.74 Å². The molecular formula is C13H14BrNOS. The third kappa shape index (κ3) is 3.07. The van der Waals surface area contributed by atoms with Gasteiger partial charge >= 0.3 is 0 Å². The van der Waals surface area contributed by atoms with Gasteiger partial charge in [-0.15, -0.1) is 11.3 Å². The molecule has 2 rings (SSSR count). The van der Waals surface area contributed by atoms with Gasteiger partial charge in [-0.2, -0.15) is 0 Å². The summed E-state index contributed by atoms with van der Waals surface area (Å²) >= 11 is 5.12. The summed E-state index contributed by atoms with van der Waals surface area (Å²) in [6.07, 6.45) is 0. The van der Waals surface area contributed by atoms with E-state index in [-0.39, 0.29) is 0 Å². The van der Waals surface area contributed by atoms with Crippen LogP contribution in [-0.4, -0.2) is 4.98 Å². The Labute approximate surface area is 114 Å². The number of hydrogen-bond acceptors (Lipinski definition) is 3. The molecule has 1 aromatic heterocycles. The first-order valence-electron chi connectivity index (χ1n) is 5.39. The van der Waals surface area contributed by atoms with Crippen LogP contribution in [0.5, 0.6) is 5.75 Å². The highest BCUT2D eigenvalue weighted by Gasteiger charge is 2.07. The average molecular weight is 312 g/mol. The predicted molar refractivity (Wildman–Crippen MR) is 75.0 cm³/mol. The average Bonchev–Trinajstić information content (AvgIpc) is 2.73. The van der Waals surface area contributed by atoms with Gasteiger partial charge in [0.25, 0.3) is 0 Å². The monoisotopic (exact) mass is 311 g/mol. The molecule has 0 fully saturated rings. The van der Waals surface area contributed by atoms with E-state index in [1.807, 2.05) is 18.4 Å². The second-order valence-corrected chi connectivity index (χ2v) is 5.37. The third-order valence-electron chi connectivity index (χ3n) is 2.44. The van der Waals surface area contributed by atoms with Gasteiger partial charge in [0.1, 0.15) is 17.4 Å². The predicted octanol–water partition coefficient (Wildman–Crippen LogP) is 4.23. The number of ether oxygens (including phenoxy) is 1. The molecule has 0 bridgehead atoms. The molecule has 90 valence electrons. The van der Waals surface area contributed by atoms with Crippen molar-refractivity contribution in [3.8, 4) is 5.75 Å². The summed E-state index contributed by atoms with van der Waals surface area (Å²) in [7, 11) is 0. The van der Waals surface area contributed by atoms with E-state index in [1.165, 1.54) is 5.56 Å². The molecule has 0 spiro atoms. The minimum atomic E-state index is 0.545. The summed E-state index contributed by atoms with van der Waals surface area (Å²) in [6, 6.07) is 6.19. The molecular weight excluding hydrogens is 298 g/mol. The van der Waals surface area contributed by atoms with Crippen LogP contribution in [0.25, 0.3) is 0 Å². The van der Waals surface area contributed by atoms with Crippen LogP contribution in [-0.2, 0) is 11.9 Å². The molecule has 2 nitrogen and oxygen atoms in total. The van der Waals surface area contributed by atoms with Crippen LogP contribution in [0.4, 0.5) is 0 Å². The summed E-state index contributed by atoms with van der Waals surface area (Å²) in [5, 5.41) is 3.87. The maximum atomic E-state index is 5.88. The van der Waals surface area contributed by atoms with Crippen LogP contribution < -0.4 is 4.74 Å². The van der Waals surface area contributed by atoms with Gasteiger partial charge < -0.3 is 4.74 Å². The van der Waals surface area contributed by atoms with Gasteiger partial charge in [0, 0.05) is 22.0 Å². The number of nitrogens with zero attached hydrogens (tertiary/aromatic N) is 1. The van der Waals surface area contributed by atoms with E-state index in [1.54, 1.807) is 11.3 Å². The zero-order chi connectivity index (χ0) is 12.3. The van der Waals surface area contributed by atoms with Crippen molar-refractivity contribution >= 4 is 27.3 Å². The van der Waals surface area contributed by atoms with E-state index in [4.69, 9.17) is 4.74 Å². The molecule has 0 radical (unpaired) electrons. The standard InChI is InChI=1S/C13H14BrNOS/c1-9-4-3-5-11(6-14)13(9)16-7-12-15-10(2)8-17-12/h3-5,8H,6-7H2,1-2H3. The lowest BCUT2D eigenvalue weighted by molar-refractivity contribution is 0.301. The van der Waals surface area contributed by atoms with Crippen molar-refractivity contribution in [1.82, 2.24) is 4.98 Å². The van der Waals surface area contributed by atoms with Gasteiger partial charge in [0.05, 0.1) is 0 Å². The highest BCUT2D eigenvalue weighted by molar-refractivity contribution is 9.08. The topological polar surface area (TPSA) is 22.1 Å². The SMILES string of the molecule is Cc1csc(COc2c(C)cccc2CBr)n1.